The summed E-state index contributed by atoms with van der Waals surface area (Å²) in [6.07, 6.45) is 3.26. The highest BCUT2D eigenvalue weighted by Crippen LogP contribution is 2.25. The molecule has 2 heterocycles. The van der Waals surface area contributed by atoms with Gasteiger partial charge in [0.25, 0.3) is 0 Å². The first-order valence-corrected chi connectivity index (χ1v) is 6.36. The maximum absolute atomic E-state index is 11.2. The fourth-order valence-electron chi connectivity index (χ4n) is 1.70. The molecule has 98 valence electrons. The summed E-state index contributed by atoms with van der Waals surface area (Å²) in [6.45, 7) is 3.78. The van der Waals surface area contributed by atoms with E-state index < -0.39 is 5.97 Å². The molecule has 19 heavy (non-hydrogen) atoms. The Bertz CT molecular complexity index is 624. The van der Waals surface area contributed by atoms with Crippen LogP contribution in [0.5, 0.6) is 0 Å². The fourth-order valence-corrected chi connectivity index (χ4v) is 2.03. The highest BCUT2D eigenvalue weighted by atomic mass is 79.9. The number of hydrogen-bond acceptors (Lipinski definition) is 4. The number of carboxylic acids is 1. The van der Waals surface area contributed by atoms with Crippen molar-refractivity contribution in [3.05, 3.63) is 45.8 Å². The number of aryl methyl sites for hydroxylation is 2. The van der Waals surface area contributed by atoms with Crippen molar-refractivity contribution < 1.29 is 9.90 Å². The Kier molecular flexibility index (Phi) is 3.80. The van der Waals surface area contributed by atoms with Crippen LogP contribution in [-0.4, -0.2) is 21.0 Å². The number of halogens is 1. The van der Waals surface area contributed by atoms with E-state index in [2.05, 4.69) is 31.2 Å². The van der Waals surface area contributed by atoms with E-state index in [1.54, 1.807) is 12.4 Å². The molecule has 0 bridgehead atoms. The van der Waals surface area contributed by atoms with Crippen LogP contribution >= 0.6 is 15.9 Å². The van der Waals surface area contributed by atoms with Crippen molar-refractivity contribution in [2.75, 3.05) is 5.32 Å². The van der Waals surface area contributed by atoms with Crippen LogP contribution in [0.3, 0.4) is 0 Å². The zero-order valence-corrected chi connectivity index (χ0v) is 12.0. The lowest BCUT2D eigenvalue weighted by molar-refractivity contribution is 0.0697. The fraction of sp³-hybridized carbons (Fsp3) is 0.154. The predicted octanol–water partition coefficient (Wildman–Crippen LogP) is 3.30. The topological polar surface area (TPSA) is 75.1 Å². The minimum Gasteiger partial charge on any atom is -0.478 e. The van der Waals surface area contributed by atoms with Crippen LogP contribution in [0, 0.1) is 13.8 Å². The molecule has 0 aromatic carbocycles. The average Bonchev–Trinajstić information content (AvgIpc) is 2.35. The van der Waals surface area contributed by atoms with Gasteiger partial charge >= 0.3 is 5.97 Å². The number of nitrogens with zero attached hydrogens (tertiary/aromatic N) is 2. The van der Waals surface area contributed by atoms with E-state index in [4.69, 9.17) is 0 Å². The number of aromatic carboxylic acids is 1. The van der Waals surface area contributed by atoms with Crippen LogP contribution < -0.4 is 5.32 Å². The van der Waals surface area contributed by atoms with E-state index in [-0.39, 0.29) is 5.56 Å². The molecule has 0 aliphatic rings. The molecule has 2 aromatic heterocycles. The molecule has 2 N–H and O–H groups in total. The standard InChI is InChI=1S/C13H12BrN3O2/c1-7-3-4-15-8(2)11(7)17-12-10(13(18)19)5-9(14)6-16-12/h3-6H,1-2H3,(H,16,17)(H,18,19). The number of carboxylic acid groups (broad SMARTS) is 1. The van der Waals surface area contributed by atoms with Crippen LogP contribution in [0.1, 0.15) is 21.6 Å². The third kappa shape index (κ3) is 2.90. The Morgan fingerprint density at radius 1 is 1.37 bits per heavy atom. The summed E-state index contributed by atoms with van der Waals surface area (Å²) >= 11 is 3.21. The lowest BCUT2D eigenvalue weighted by atomic mass is 10.2. The van der Waals surface area contributed by atoms with Gasteiger partial charge in [-0.05, 0) is 47.5 Å². The molecule has 0 spiro atoms. The van der Waals surface area contributed by atoms with Crippen molar-refractivity contribution in [3.8, 4) is 0 Å². The molecule has 0 atom stereocenters. The van der Waals surface area contributed by atoms with E-state index in [0.717, 1.165) is 16.9 Å². The van der Waals surface area contributed by atoms with E-state index >= 15 is 0 Å². The van der Waals surface area contributed by atoms with Gasteiger partial charge in [0.05, 0.1) is 11.4 Å². The molecule has 0 radical (unpaired) electrons. The number of nitrogens with one attached hydrogen (secondary N) is 1. The minimum absolute atomic E-state index is 0.108. The number of carbonyl (C=O) groups is 1. The third-order valence-electron chi connectivity index (χ3n) is 2.68. The second-order valence-electron chi connectivity index (χ2n) is 4.07. The molecular weight excluding hydrogens is 310 g/mol. The molecule has 2 rings (SSSR count). The molecule has 0 amide bonds. The normalized spacial score (nSPS) is 10.3. The summed E-state index contributed by atoms with van der Waals surface area (Å²) in [5, 5.41) is 12.2. The Morgan fingerprint density at radius 3 is 2.74 bits per heavy atom. The van der Waals surface area contributed by atoms with E-state index in [1.807, 2.05) is 19.9 Å². The van der Waals surface area contributed by atoms with Gasteiger partial charge in [-0.3, -0.25) is 4.98 Å². The highest BCUT2D eigenvalue weighted by molar-refractivity contribution is 9.10. The Labute approximate surface area is 118 Å². The van der Waals surface area contributed by atoms with Gasteiger partial charge in [0, 0.05) is 16.9 Å². The lowest BCUT2D eigenvalue weighted by Gasteiger charge is -2.13. The Balaban J connectivity index is 2.47. The second-order valence-corrected chi connectivity index (χ2v) is 4.98. The molecule has 5 nitrogen and oxygen atoms in total. The van der Waals surface area contributed by atoms with Gasteiger partial charge in [-0.25, -0.2) is 9.78 Å². The average molecular weight is 322 g/mol. The molecule has 0 saturated heterocycles. The lowest BCUT2D eigenvalue weighted by Crippen LogP contribution is -2.07. The largest absolute Gasteiger partial charge is 0.478 e. The summed E-state index contributed by atoms with van der Waals surface area (Å²) in [4.78, 5) is 19.5. The molecule has 6 heteroatoms. The van der Waals surface area contributed by atoms with E-state index in [1.165, 1.54) is 6.07 Å². The Hall–Kier alpha value is -1.95. The van der Waals surface area contributed by atoms with Gasteiger partial charge < -0.3 is 10.4 Å². The van der Waals surface area contributed by atoms with Gasteiger partial charge in [0.15, 0.2) is 0 Å². The summed E-state index contributed by atoms with van der Waals surface area (Å²) < 4.78 is 0.620. The van der Waals surface area contributed by atoms with Gasteiger partial charge in [0.1, 0.15) is 11.4 Å². The minimum atomic E-state index is -1.03. The second kappa shape index (κ2) is 5.36. The maximum Gasteiger partial charge on any atom is 0.339 e. The molecule has 0 fully saturated rings. The molecule has 0 aliphatic carbocycles. The van der Waals surface area contributed by atoms with Gasteiger partial charge in [-0.15, -0.1) is 0 Å². The maximum atomic E-state index is 11.2. The van der Waals surface area contributed by atoms with Gasteiger partial charge in [-0.2, -0.15) is 0 Å². The molecule has 2 aromatic rings. The summed E-state index contributed by atoms with van der Waals surface area (Å²) in [5.41, 5.74) is 2.66. The first-order chi connectivity index (χ1) is 8.99. The van der Waals surface area contributed by atoms with Crippen LogP contribution in [0.2, 0.25) is 0 Å². The quantitative estimate of drug-likeness (QED) is 0.907. The van der Waals surface area contributed by atoms with Gasteiger partial charge in [0.2, 0.25) is 0 Å². The number of hydrogen-bond donors (Lipinski definition) is 2. The number of anilines is 2. The zero-order chi connectivity index (χ0) is 14.0. The number of aromatic nitrogens is 2. The molecule has 0 aliphatic heterocycles. The van der Waals surface area contributed by atoms with Crippen LogP contribution in [-0.2, 0) is 0 Å². The van der Waals surface area contributed by atoms with E-state index in [9.17, 15) is 9.90 Å². The van der Waals surface area contributed by atoms with Crippen molar-refractivity contribution in [3.63, 3.8) is 0 Å². The summed E-state index contributed by atoms with van der Waals surface area (Å²) in [7, 11) is 0. The first-order valence-electron chi connectivity index (χ1n) is 5.57. The van der Waals surface area contributed by atoms with Crippen LogP contribution in [0.4, 0.5) is 11.5 Å². The SMILES string of the molecule is Cc1ccnc(C)c1Nc1ncc(Br)cc1C(=O)O. The van der Waals surface area contributed by atoms with Crippen molar-refractivity contribution in [2.45, 2.75) is 13.8 Å². The summed E-state index contributed by atoms with van der Waals surface area (Å²) in [6, 6.07) is 3.37. The first kappa shape index (κ1) is 13.5. The third-order valence-corrected chi connectivity index (χ3v) is 3.11. The van der Waals surface area contributed by atoms with Gasteiger partial charge in [-0.1, -0.05) is 0 Å². The van der Waals surface area contributed by atoms with Crippen molar-refractivity contribution in [2.24, 2.45) is 0 Å². The number of rotatable bonds is 3. The molecule has 0 unspecified atom stereocenters. The van der Waals surface area contributed by atoms with E-state index in [0.29, 0.717) is 10.3 Å². The molecular formula is C13H12BrN3O2. The number of pyridine rings is 2. The predicted molar refractivity (Wildman–Crippen MR) is 75.9 cm³/mol. The van der Waals surface area contributed by atoms with Crippen molar-refractivity contribution in [1.29, 1.82) is 0 Å². The monoisotopic (exact) mass is 321 g/mol. The van der Waals surface area contributed by atoms with Crippen molar-refractivity contribution >= 4 is 33.4 Å². The molecule has 0 saturated carbocycles. The van der Waals surface area contributed by atoms with Crippen molar-refractivity contribution in [1.82, 2.24) is 9.97 Å². The zero-order valence-electron chi connectivity index (χ0n) is 10.4. The van der Waals surface area contributed by atoms with Crippen LogP contribution in [0.25, 0.3) is 0 Å². The Morgan fingerprint density at radius 2 is 2.11 bits per heavy atom. The van der Waals surface area contributed by atoms with Crippen LogP contribution in [0.15, 0.2) is 29.0 Å². The summed E-state index contributed by atoms with van der Waals surface area (Å²) in [5.74, 6) is -0.731. The highest BCUT2D eigenvalue weighted by Gasteiger charge is 2.14. The smallest absolute Gasteiger partial charge is 0.339 e.